The zero-order valence-electron chi connectivity index (χ0n) is 13.1. The van der Waals surface area contributed by atoms with Gasteiger partial charge in [0, 0.05) is 11.1 Å². The van der Waals surface area contributed by atoms with Crippen molar-refractivity contribution in [2.75, 3.05) is 0 Å². The number of allylic oxidation sites excluding steroid dienone is 1. The maximum Gasteiger partial charge on any atom is 0.0991 e. The van der Waals surface area contributed by atoms with E-state index in [2.05, 4.69) is 61.0 Å². The van der Waals surface area contributed by atoms with Crippen LogP contribution in [0.25, 0.3) is 6.08 Å². The molecule has 0 saturated carbocycles. The van der Waals surface area contributed by atoms with E-state index in [0.29, 0.717) is 5.56 Å². The molecule has 0 amide bonds. The first-order valence-electron chi connectivity index (χ1n) is 7.60. The smallest absolute Gasteiger partial charge is 0.0991 e. The average molecular weight is 295 g/mol. The molecule has 0 spiro atoms. The molecule has 1 nitrogen and oxygen atoms in total. The number of nitriles is 1. The Morgan fingerprint density at radius 2 is 1.35 bits per heavy atom. The van der Waals surface area contributed by atoms with Gasteiger partial charge in [-0.1, -0.05) is 49.5 Å². The van der Waals surface area contributed by atoms with Crippen LogP contribution in [0.15, 0.2) is 54.6 Å². The molecule has 0 bridgehead atoms. The summed E-state index contributed by atoms with van der Waals surface area (Å²) < 4.78 is 0. The normalized spacial score (nSPS) is 9.39. The Morgan fingerprint density at radius 3 is 1.87 bits per heavy atom. The summed E-state index contributed by atoms with van der Waals surface area (Å²) in [5, 5.41) is 8.74. The van der Waals surface area contributed by atoms with Crippen molar-refractivity contribution in [3.63, 3.8) is 0 Å². The molecule has 0 heterocycles. The van der Waals surface area contributed by atoms with E-state index < -0.39 is 0 Å². The summed E-state index contributed by atoms with van der Waals surface area (Å²) in [5.74, 6) is 11.7. The van der Waals surface area contributed by atoms with E-state index in [9.17, 15) is 0 Å². The molecule has 0 aromatic heterocycles. The van der Waals surface area contributed by atoms with Gasteiger partial charge in [0.1, 0.15) is 0 Å². The lowest BCUT2D eigenvalue weighted by Gasteiger charge is -1.93. The molecule has 23 heavy (non-hydrogen) atoms. The summed E-state index contributed by atoms with van der Waals surface area (Å²) in [6.07, 6.45) is 6.58. The first-order valence-corrected chi connectivity index (χ1v) is 7.60. The zero-order valence-corrected chi connectivity index (χ0v) is 13.1. The van der Waals surface area contributed by atoms with Gasteiger partial charge >= 0.3 is 0 Å². The summed E-state index contributed by atoms with van der Waals surface area (Å²) in [6, 6.07) is 17.4. The minimum atomic E-state index is 0.634. The molecule has 2 aromatic carbocycles. The van der Waals surface area contributed by atoms with Crippen LogP contribution < -0.4 is 0 Å². The van der Waals surface area contributed by atoms with E-state index in [1.54, 1.807) is 12.1 Å². The second-order valence-electron chi connectivity index (χ2n) is 5.00. The Kier molecular flexibility index (Phi) is 6.28. The van der Waals surface area contributed by atoms with Gasteiger partial charge in [0.2, 0.25) is 0 Å². The van der Waals surface area contributed by atoms with Gasteiger partial charge in [-0.25, -0.2) is 0 Å². The number of hydrogen-bond acceptors (Lipinski definition) is 1. The van der Waals surface area contributed by atoms with Crippen molar-refractivity contribution < 1.29 is 0 Å². The van der Waals surface area contributed by atoms with Gasteiger partial charge in [-0.2, -0.15) is 5.26 Å². The van der Waals surface area contributed by atoms with Crippen molar-refractivity contribution in [3.05, 3.63) is 76.9 Å². The third kappa shape index (κ3) is 5.59. The SMILES string of the molecule is CCC/C=C/c1ccc(C#CC#Cc2ccc(C#N)cc2)cc1. The van der Waals surface area contributed by atoms with E-state index in [4.69, 9.17) is 5.26 Å². The Morgan fingerprint density at radius 1 is 0.826 bits per heavy atom. The first-order chi connectivity index (χ1) is 11.3. The Hall–Kier alpha value is -3.21. The van der Waals surface area contributed by atoms with Crippen LogP contribution in [0.4, 0.5) is 0 Å². The fourth-order valence-electron chi connectivity index (χ4n) is 1.90. The van der Waals surface area contributed by atoms with Crippen molar-refractivity contribution in [2.24, 2.45) is 0 Å². The molecule has 2 aromatic rings. The Balaban J connectivity index is 1.99. The zero-order chi connectivity index (χ0) is 16.3. The molecular weight excluding hydrogens is 278 g/mol. The molecule has 1 heteroatoms. The molecule has 0 aliphatic heterocycles. The van der Waals surface area contributed by atoms with Gasteiger partial charge in [0.15, 0.2) is 0 Å². The third-order valence-corrected chi connectivity index (χ3v) is 3.17. The number of nitrogens with zero attached hydrogens (tertiary/aromatic N) is 1. The molecule has 0 aliphatic carbocycles. The highest BCUT2D eigenvalue weighted by Gasteiger charge is 1.89. The van der Waals surface area contributed by atoms with E-state index in [1.165, 1.54) is 5.56 Å². The molecule has 2 rings (SSSR count). The van der Waals surface area contributed by atoms with Crippen LogP contribution in [0.3, 0.4) is 0 Å². The fourth-order valence-corrected chi connectivity index (χ4v) is 1.90. The van der Waals surface area contributed by atoms with Gasteiger partial charge in [0.05, 0.1) is 11.6 Å². The van der Waals surface area contributed by atoms with Gasteiger partial charge in [-0.3, -0.25) is 0 Å². The maximum atomic E-state index is 8.74. The molecule has 0 N–H and O–H groups in total. The van der Waals surface area contributed by atoms with Gasteiger partial charge in [-0.15, -0.1) is 0 Å². The third-order valence-electron chi connectivity index (χ3n) is 3.17. The Bertz CT molecular complexity index is 824. The monoisotopic (exact) mass is 295 g/mol. The standard InChI is InChI=1S/C22H17N/c1-2-3-4-7-19-10-12-20(13-11-19)8-5-6-9-21-14-16-22(18-23)17-15-21/h4,7,10-17H,2-3H2,1H3/b7-4+. The van der Waals surface area contributed by atoms with Crippen molar-refractivity contribution >= 4 is 6.08 Å². The van der Waals surface area contributed by atoms with Crippen LogP contribution in [0.5, 0.6) is 0 Å². The van der Waals surface area contributed by atoms with Gasteiger partial charge in [-0.05, 0) is 60.2 Å². The van der Waals surface area contributed by atoms with Crippen LogP contribution in [0.2, 0.25) is 0 Å². The predicted octanol–water partition coefficient (Wildman–Crippen LogP) is 4.77. The van der Waals surface area contributed by atoms with E-state index >= 15 is 0 Å². The highest BCUT2D eigenvalue weighted by molar-refractivity contribution is 5.52. The number of benzene rings is 2. The van der Waals surface area contributed by atoms with Crippen LogP contribution in [-0.2, 0) is 0 Å². The molecule has 0 saturated heterocycles. The summed E-state index contributed by atoms with van der Waals surface area (Å²) in [5.41, 5.74) is 3.63. The lowest BCUT2D eigenvalue weighted by atomic mass is 10.1. The van der Waals surface area contributed by atoms with Crippen LogP contribution >= 0.6 is 0 Å². The van der Waals surface area contributed by atoms with Gasteiger partial charge < -0.3 is 0 Å². The van der Waals surface area contributed by atoms with E-state index in [1.807, 2.05) is 24.3 Å². The summed E-state index contributed by atoms with van der Waals surface area (Å²) in [4.78, 5) is 0. The molecule has 110 valence electrons. The van der Waals surface area contributed by atoms with Crippen molar-refractivity contribution in [2.45, 2.75) is 19.8 Å². The lowest BCUT2D eigenvalue weighted by Crippen LogP contribution is -1.76. The highest BCUT2D eigenvalue weighted by Crippen LogP contribution is 2.06. The van der Waals surface area contributed by atoms with Crippen LogP contribution in [-0.4, -0.2) is 0 Å². The minimum Gasteiger partial charge on any atom is -0.192 e. The Labute approximate surface area is 138 Å². The molecule has 0 unspecified atom stereocenters. The van der Waals surface area contributed by atoms with Crippen LogP contribution in [0, 0.1) is 35.0 Å². The number of unbranched alkanes of at least 4 members (excludes halogenated alkanes) is 1. The second kappa shape index (κ2) is 8.94. The largest absolute Gasteiger partial charge is 0.192 e. The predicted molar refractivity (Wildman–Crippen MR) is 95.3 cm³/mol. The minimum absolute atomic E-state index is 0.634. The van der Waals surface area contributed by atoms with Crippen molar-refractivity contribution in [1.29, 1.82) is 5.26 Å². The lowest BCUT2D eigenvalue weighted by molar-refractivity contribution is 0.962. The average Bonchev–Trinajstić information content (AvgIpc) is 2.61. The quantitative estimate of drug-likeness (QED) is 0.748. The first kappa shape index (κ1) is 16.2. The topological polar surface area (TPSA) is 23.8 Å². The van der Waals surface area contributed by atoms with E-state index in [0.717, 1.165) is 24.0 Å². The number of rotatable bonds is 3. The molecular formula is C22H17N. The maximum absolute atomic E-state index is 8.74. The van der Waals surface area contributed by atoms with Gasteiger partial charge in [0.25, 0.3) is 0 Å². The fraction of sp³-hybridized carbons (Fsp3) is 0.136. The molecule has 0 radical (unpaired) electrons. The summed E-state index contributed by atoms with van der Waals surface area (Å²) >= 11 is 0. The second-order valence-corrected chi connectivity index (χ2v) is 5.00. The molecule has 0 aliphatic rings. The molecule has 0 fully saturated rings. The summed E-state index contributed by atoms with van der Waals surface area (Å²) in [7, 11) is 0. The van der Waals surface area contributed by atoms with Crippen molar-refractivity contribution in [1.82, 2.24) is 0 Å². The highest BCUT2D eigenvalue weighted by atomic mass is 14.2. The van der Waals surface area contributed by atoms with Crippen molar-refractivity contribution in [3.8, 4) is 29.8 Å². The molecule has 0 atom stereocenters. The van der Waals surface area contributed by atoms with Crippen LogP contribution in [0.1, 0.15) is 42.0 Å². The van der Waals surface area contributed by atoms with E-state index in [-0.39, 0.29) is 0 Å². The number of hydrogen-bond donors (Lipinski definition) is 0. The summed E-state index contributed by atoms with van der Waals surface area (Å²) in [6.45, 7) is 2.17.